The lowest BCUT2D eigenvalue weighted by Crippen LogP contribution is -2.09. The van der Waals surface area contributed by atoms with Gasteiger partial charge in [-0.3, -0.25) is 0 Å². The predicted molar refractivity (Wildman–Crippen MR) is 70.1 cm³/mol. The van der Waals surface area contributed by atoms with Crippen LogP contribution in [0, 0.1) is 16.8 Å². The average molecular weight is 311 g/mol. The third-order valence-electron chi connectivity index (χ3n) is 2.40. The molecule has 1 radical (unpaired) electrons. The number of rotatable bonds is 4. The Hall–Kier alpha value is -2.55. The topological polar surface area (TPSA) is 102 Å². The van der Waals surface area contributed by atoms with Crippen molar-refractivity contribution in [3.8, 4) is 11.5 Å². The molecule has 109 valence electrons. The Morgan fingerprint density at radius 1 is 1.43 bits per heavy atom. The molecular formula is C12H10FN3O4S+. The van der Waals surface area contributed by atoms with Crippen LogP contribution in [0.5, 0.6) is 11.5 Å². The zero-order valence-corrected chi connectivity index (χ0v) is 11.6. The molecule has 2 rings (SSSR count). The number of halogens is 1. The van der Waals surface area contributed by atoms with Crippen molar-refractivity contribution in [3.05, 3.63) is 47.3 Å². The van der Waals surface area contributed by atoms with Gasteiger partial charge in [0.15, 0.2) is 31.3 Å². The van der Waals surface area contributed by atoms with Crippen LogP contribution < -0.4 is 10.6 Å². The molecule has 0 aliphatic carbocycles. The Bertz CT molecular complexity index is 791. The number of ether oxygens (including phenoxy) is 1. The molecule has 1 heterocycles. The normalized spacial score (nSPS) is 11.1. The van der Waals surface area contributed by atoms with E-state index in [2.05, 4.69) is 11.1 Å². The lowest BCUT2D eigenvalue weighted by atomic mass is 10.3. The molecule has 0 aliphatic heterocycles. The second kappa shape index (κ2) is 5.44. The number of nitrogens with two attached hydrogens (primary N) is 1. The monoisotopic (exact) mass is 311 g/mol. The summed E-state index contributed by atoms with van der Waals surface area (Å²) in [6.45, 7) is 0. The van der Waals surface area contributed by atoms with E-state index >= 15 is 0 Å². The number of hydrogen-bond acceptors (Lipinski definition) is 5. The van der Waals surface area contributed by atoms with Gasteiger partial charge in [-0.15, -0.1) is 0 Å². The molecule has 0 saturated carbocycles. The predicted octanol–water partition coefficient (Wildman–Crippen LogP) is 1.50. The molecule has 0 unspecified atom stereocenters. The molecule has 0 bridgehead atoms. The maximum atomic E-state index is 13.6. The molecule has 1 aromatic carbocycles. The zero-order chi connectivity index (χ0) is 15.6. The molecule has 0 fully saturated rings. The summed E-state index contributed by atoms with van der Waals surface area (Å²) in [7, 11) is -3.43. The summed E-state index contributed by atoms with van der Waals surface area (Å²) >= 11 is 0. The second-order valence-electron chi connectivity index (χ2n) is 4.06. The lowest BCUT2D eigenvalue weighted by Gasteiger charge is -2.06. The van der Waals surface area contributed by atoms with Gasteiger partial charge < -0.3 is 4.74 Å². The first kappa shape index (κ1) is 14.9. The van der Waals surface area contributed by atoms with E-state index in [9.17, 15) is 17.7 Å². The first-order chi connectivity index (χ1) is 9.77. The Morgan fingerprint density at radius 3 is 2.67 bits per heavy atom. The summed E-state index contributed by atoms with van der Waals surface area (Å²) in [5.74, 6) is 4.07. The minimum Gasteiger partial charge on any atom is -0.452 e. The summed E-state index contributed by atoms with van der Waals surface area (Å²) < 4.78 is 41.3. The van der Waals surface area contributed by atoms with Gasteiger partial charge in [-0.05, 0) is 18.2 Å². The highest BCUT2D eigenvalue weighted by Crippen LogP contribution is 2.27. The summed E-state index contributed by atoms with van der Waals surface area (Å²) in [6.07, 6.45) is 2.14. The maximum absolute atomic E-state index is 13.6. The summed E-state index contributed by atoms with van der Waals surface area (Å²) in [4.78, 5) is 14.6. The summed E-state index contributed by atoms with van der Waals surface area (Å²) in [6, 6.07) is 6.84. The number of sulfone groups is 1. The lowest BCUT2D eigenvalue weighted by molar-refractivity contribution is -0.475. The minimum atomic E-state index is -3.43. The van der Waals surface area contributed by atoms with Crippen LogP contribution in [0.15, 0.2) is 35.5 Å². The standard InChI is InChI=1S/C12H10FN3O4S/c1-21(18,19)12-5-3-9(7-15-12)20-11-6-8(16(14)17)2-4-10(11)13/h3-7H,1H3,(H2,14,17)/q+1. The van der Waals surface area contributed by atoms with Crippen molar-refractivity contribution in [1.29, 1.82) is 0 Å². The number of pyridine rings is 1. The van der Waals surface area contributed by atoms with E-state index in [1.807, 2.05) is 0 Å². The molecule has 0 spiro atoms. The van der Waals surface area contributed by atoms with Crippen LogP contribution in [0.25, 0.3) is 0 Å². The quantitative estimate of drug-likeness (QED) is 0.521. The van der Waals surface area contributed by atoms with Crippen LogP contribution in [0.4, 0.5) is 10.1 Å². The van der Waals surface area contributed by atoms with Crippen LogP contribution in [0.3, 0.4) is 0 Å². The third-order valence-corrected chi connectivity index (χ3v) is 3.41. The highest BCUT2D eigenvalue weighted by atomic mass is 32.2. The van der Waals surface area contributed by atoms with E-state index in [4.69, 9.17) is 10.6 Å². The number of hydrogen-bond donors (Lipinski definition) is 1. The molecule has 0 saturated heterocycles. The van der Waals surface area contributed by atoms with Gasteiger partial charge in [0.05, 0.1) is 23.2 Å². The van der Waals surface area contributed by atoms with E-state index in [0.29, 0.717) is 0 Å². The molecule has 0 aliphatic rings. The first-order valence-corrected chi connectivity index (χ1v) is 7.43. The van der Waals surface area contributed by atoms with Crippen molar-refractivity contribution in [3.63, 3.8) is 0 Å². The van der Waals surface area contributed by atoms with E-state index in [1.165, 1.54) is 12.1 Å². The Balaban J connectivity index is 2.30. The van der Waals surface area contributed by atoms with Crippen molar-refractivity contribution in [2.24, 2.45) is 5.84 Å². The summed E-state index contributed by atoms with van der Waals surface area (Å²) in [5, 5.41) is -0.134. The fraction of sp³-hybridized carbons (Fsp3) is 0.0833. The molecule has 0 amide bonds. The average Bonchev–Trinajstić information content (AvgIpc) is 2.40. The van der Waals surface area contributed by atoms with E-state index in [1.54, 1.807) is 0 Å². The number of benzene rings is 1. The Kier molecular flexibility index (Phi) is 3.85. The SMILES string of the molecule is CS(=O)(=O)c1ccc(Oc2cc([N+](N)=O)[c]cc2F)cn1. The number of nitrogens with zero attached hydrogens (tertiary/aromatic N) is 2. The number of aromatic nitrogens is 1. The van der Waals surface area contributed by atoms with Gasteiger partial charge in [-0.25, -0.2) is 17.8 Å². The molecule has 0 atom stereocenters. The minimum absolute atomic E-state index is 0.0112. The van der Waals surface area contributed by atoms with Crippen LogP contribution in [-0.2, 0) is 9.84 Å². The molecule has 1 aromatic heterocycles. The van der Waals surface area contributed by atoms with Gasteiger partial charge in [0, 0.05) is 6.26 Å². The fourth-order valence-electron chi connectivity index (χ4n) is 1.42. The smallest absolute Gasteiger partial charge is 0.303 e. The number of nitroso groups, excluding NO2 is 1. The van der Waals surface area contributed by atoms with Crippen molar-refractivity contribution >= 4 is 15.5 Å². The molecule has 7 nitrogen and oxygen atoms in total. The molecule has 21 heavy (non-hydrogen) atoms. The number of hydrazine groups is 1. The van der Waals surface area contributed by atoms with Gasteiger partial charge >= 0.3 is 5.69 Å². The summed E-state index contributed by atoms with van der Waals surface area (Å²) in [5.41, 5.74) is -0.118. The van der Waals surface area contributed by atoms with Crippen LogP contribution in [0.2, 0.25) is 0 Å². The van der Waals surface area contributed by atoms with Gasteiger partial charge in [0.1, 0.15) is 5.75 Å². The van der Waals surface area contributed by atoms with Gasteiger partial charge in [-0.2, -0.15) is 5.84 Å². The van der Waals surface area contributed by atoms with Crippen molar-refractivity contribution in [2.45, 2.75) is 5.03 Å². The first-order valence-electron chi connectivity index (χ1n) is 5.54. The van der Waals surface area contributed by atoms with Crippen molar-refractivity contribution < 1.29 is 22.4 Å². The van der Waals surface area contributed by atoms with Gasteiger partial charge in [0.2, 0.25) is 0 Å². The molecule has 2 N–H and O–H groups in total. The van der Waals surface area contributed by atoms with Crippen LogP contribution >= 0.6 is 0 Å². The van der Waals surface area contributed by atoms with E-state index < -0.39 is 15.7 Å². The van der Waals surface area contributed by atoms with Gasteiger partial charge in [0.25, 0.3) is 0 Å². The maximum Gasteiger partial charge on any atom is 0.303 e. The third kappa shape index (κ3) is 3.51. The van der Waals surface area contributed by atoms with Crippen LogP contribution in [-0.4, -0.2) is 24.5 Å². The van der Waals surface area contributed by atoms with E-state index in [-0.39, 0.29) is 27.1 Å². The van der Waals surface area contributed by atoms with E-state index in [0.717, 1.165) is 24.6 Å². The van der Waals surface area contributed by atoms with Crippen molar-refractivity contribution in [2.75, 3.05) is 6.26 Å². The largest absolute Gasteiger partial charge is 0.452 e. The zero-order valence-electron chi connectivity index (χ0n) is 10.8. The molecular weight excluding hydrogens is 301 g/mol. The Labute approximate surface area is 119 Å². The molecule has 9 heteroatoms. The highest BCUT2D eigenvalue weighted by Gasteiger charge is 2.16. The second-order valence-corrected chi connectivity index (χ2v) is 6.03. The Morgan fingerprint density at radius 2 is 2.14 bits per heavy atom. The highest BCUT2D eigenvalue weighted by molar-refractivity contribution is 7.90. The molecule has 2 aromatic rings. The van der Waals surface area contributed by atoms with Crippen molar-refractivity contribution in [1.82, 2.24) is 4.98 Å². The van der Waals surface area contributed by atoms with Crippen LogP contribution in [0.1, 0.15) is 0 Å². The fourth-order valence-corrected chi connectivity index (χ4v) is 1.98. The van der Waals surface area contributed by atoms with Gasteiger partial charge in [-0.1, -0.05) is 0 Å².